The largest absolute Gasteiger partial charge is 0.351 e. The van der Waals surface area contributed by atoms with Crippen molar-refractivity contribution < 1.29 is 9.31 Å². The van der Waals surface area contributed by atoms with Crippen LogP contribution in [0.5, 0.6) is 0 Å². The zero-order valence-corrected chi connectivity index (χ0v) is 10.6. The molecule has 0 radical (unpaired) electrons. The molecule has 0 aromatic heterocycles. The van der Waals surface area contributed by atoms with Crippen LogP contribution in [-0.4, -0.2) is 14.4 Å². The molecule has 4 nitrogen and oxygen atoms in total. The summed E-state index contributed by atoms with van der Waals surface area (Å²) in [5, 5.41) is 13.0. The Labute approximate surface area is 110 Å². The Morgan fingerprint density at radius 3 is 2.75 bits per heavy atom. The lowest BCUT2D eigenvalue weighted by atomic mass is 10.1. The molecule has 1 aliphatic carbocycles. The molecule has 0 heterocycles. The summed E-state index contributed by atoms with van der Waals surface area (Å²) in [5.74, 6) is -1.13. The van der Waals surface area contributed by atoms with Crippen molar-refractivity contribution in [2.75, 3.05) is 0 Å². The van der Waals surface area contributed by atoms with E-state index in [9.17, 15) is 14.5 Å². The zero-order valence-electron chi connectivity index (χ0n) is 7.47. The molecule has 1 atom stereocenters. The monoisotopic (exact) mass is 304 g/mol. The predicted molar refractivity (Wildman–Crippen MR) is 63.9 cm³/mol. The number of nitro groups is 1. The molecule has 88 valence electrons. The average Bonchev–Trinajstić information content (AvgIpc) is 2.13. The van der Waals surface area contributed by atoms with E-state index in [1.807, 2.05) is 0 Å². The quantitative estimate of drug-likeness (QED) is 0.213. The van der Waals surface area contributed by atoms with Gasteiger partial charge in [0.2, 0.25) is 0 Å². The van der Waals surface area contributed by atoms with Gasteiger partial charge in [-0.25, -0.2) is 4.39 Å². The van der Waals surface area contributed by atoms with Gasteiger partial charge in [0.05, 0.1) is 22.1 Å². The van der Waals surface area contributed by atoms with E-state index in [2.05, 4.69) is 17.5 Å². The Morgan fingerprint density at radius 2 is 2.31 bits per heavy atom. The summed E-state index contributed by atoms with van der Waals surface area (Å²) < 4.78 is 13.3. The van der Waals surface area contributed by atoms with Gasteiger partial charge < -0.3 is 5.32 Å². The number of rotatable bonds is 2. The maximum Gasteiger partial charge on any atom is 0.351 e. The second kappa shape index (κ2) is 4.83. The van der Waals surface area contributed by atoms with Crippen LogP contribution in [0, 0.1) is 10.1 Å². The zero-order chi connectivity index (χ0) is 12.5. The Morgan fingerprint density at radius 1 is 1.75 bits per heavy atom. The molecular weight excluding hydrogens is 302 g/mol. The number of hydrogen-bond donors (Lipinski definition) is 1. The molecule has 0 aromatic rings. The second-order valence-electron chi connectivity index (χ2n) is 2.90. The van der Waals surface area contributed by atoms with Crippen LogP contribution in [0.3, 0.4) is 0 Å². The van der Waals surface area contributed by atoms with Gasteiger partial charge in [-0.05, 0) is 23.8 Å². The fourth-order valence-corrected chi connectivity index (χ4v) is 1.83. The van der Waals surface area contributed by atoms with Crippen LogP contribution in [0.15, 0.2) is 22.6 Å². The summed E-state index contributed by atoms with van der Waals surface area (Å²) >= 11 is 21.1. The van der Waals surface area contributed by atoms with E-state index in [1.165, 1.54) is 0 Å². The number of alkyl halides is 1. The second-order valence-corrected chi connectivity index (χ2v) is 4.99. The third-order valence-electron chi connectivity index (χ3n) is 1.84. The summed E-state index contributed by atoms with van der Waals surface area (Å²) in [7, 11) is 0. The summed E-state index contributed by atoms with van der Waals surface area (Å²) in [5.41, 5.74) is 0.0669. The van der Waals surface area contributed by atoms with E-state index >= 15 is 0 Å². The minimum Gasteiger partial charge on any atom is -0.336 e. The van der Waals surface area contributed by atoms with E-state index in [4.69, 9.17) is 34.8 Å². The molecule has 16 heavy (non-hydrogen) atoms. The van der Waals surface area contributed by atoms with E-state index in [0.717, 1.165) is 6.08 Å². The summed E-state index contributed by atoms with van der Waals surface area (Å²) in [6.45, 7) is 0. The maximum absolute atomic E-state index is 13.4. The molecule has 0 saturated heterocycles. The fraction of sp³-hybridized carbons (Fsp3) is 0.286. The van der Waals surface area contributed by atoms with Crippen molar-refractivity contribution in [3.05, 3.63) is 32.7 Å². The molecule has 0 spiro atoms. The van der Waals surface area contributed by atoms with Gasteiger partial charge in [-0.3, -0.25) is 10.1 Å². The van der Waals surface area contributed by atoms with Gasteiger partial charge in [0, 0.05) is 6.08 Å². The van der Waals surface area contributed by atoms with E-state index in [1.54, 1.807) is 0 Å². The molecule has 9 heteroatoms. The molecule has 0 saturated carbocycles. The molecule has 0 aliphatic heterocycles. The van der Waals surface area contributed by atoms with Crippen LogP contribution in [0.1, 0.15) is 6.42 Å². The standard InChI is InChI=1S/C7H4Cl3FN2O2S/c8-3-2-7(10,13(14)15)5(11)1-4(3)12-6(9)16/h1H,2H2,(H,12,16). The van der Waals surface area contributed by atoms with Crippen molar-refractivity contribution in [1.29, 1.82) is 0 Å². The van der Waals surface area contributed by atoms with Gasteiger partial charge in [0.15, 0.2) is 10.3 Å². The molecule has 1 unspecified atom stereocenters. The summed E-state index contributed by atoms with van der Waals surface area (Å²) in [4.78, 5) is 7.30. The minimum atomic E-state index is -2.35. The highest BCUT2D eigenvalue weighted by Crippen LogP contribution is 2.40. The first-order valence-corrected chi connectivity index (χ1v) is 5.38. The van der Waals surface area contributed by atoms with Crippen LogP contribution in [-0.2, 0) is 0 Å². The predicted octanol–water partition coefficient (Wildman–Crippen LogP) is 3.02. The molecular formula is C7H4Cl3FN2O2S. The highest BCUT2D eigenvalue weighted by molar-refractivity contribution is 7.83. The summed E-state index contributed by atoms with van der Waals surface area (Å²) in [6, 6.07) is 0. The van der Waals surface area contributed by atoms with Gasteiger partial charge in [-0.15, -0.1) is 0 Å². The average molecular weight is 306 g/mol. The lowest BCUT2D eigenvalue weighted by Gasteiger charge is -2.22. The van der Waals surface area contributed by atoms with E-state index < -0.39 is 22.2 Å². The number of nitrogens with one attached hydrogen (secondary N) is 1. The van der Waals surface area contributed by atoms with Crippen molar-refractivity contribution in [3.8, 4) is 0 Å². The van der Waals surface area contributed by atoms with E-state index in [0.29, 0.717) is 0 Å². The first kappa shape index (κ1) is 13.6. The highest BCUT2D eigenvalue weighted by atomic mass is 35.5. The number of nitrogens with zero attached hydrogens (tertiary/aromatic N) is 1. The van der Waals surface area contributed by atoms with Gasteiger partial charge >= 0.3 is 5.00 Å². The maximum atomic E-state index is 13.4. The minimum absolute atomic E-state index is 0.0175. The molecule has 1 aliphatic rings. The third kappa shape index (κ3) is 2.63. The first-order valence-electron chi connectivity index (χ1n) is 3.83. The lowest BCUT2D eigenvalue weighted by Crippen LogP contribution is -2.36. The first-order chi connectivity index (χ1) is 7.27. The van der Waals surface area contributed by atoms with Gasteiger partial charge in [0.25, 0.3) is 0 Å². The Hall–Kier alpha value is -0.430. The van der Waals surface area contributed by atoms with Crippen LogP contribution in [0.4, 0.5) is 4.39 Å². The lowest BCUT2D eigenvalue weighted by molar-refractivity contribution is -0.533. The molecule has 0 aromatic carbocycles. The highest BCUT2D eigenvalue weighted by Gasteiger charge is 2.49. The Bertz CT molecular complexity index is 426. The van der Waals surface area contributed by atoms with Crippen LogP contribution >= 0.6 is 47.0 Å². The number of allylic oxidation sites excluding steroid dienone is 1. The van der Waals surface area contributed by atoms with Crippen LogP contribution in [0.25, 0.3) is 0 Å². The van der Waals surface area contributed by atoms with Gasteiger partial charge in [-0.2, -0.15) is 0 Å². The Balaban J connectivity index is 3.07. The Kier molecular flexibility index (Phi) is 4.12. The van der Waals surface area contributed by atoms with Crippen molar-refractivity contribution in [3.63, 3.8) is 0 Å². The van der Waals surface area contributed by atoms with Crippen LogP contribution in [0.2, 0.25) is 0 Å². The fourth-order valence-electron chi connectivity index (χ4n) is 1.06. The molecule has 1 N–H and O–H groups in total. The summed E-state index contributed by atoms with van der Waals surface area (Å²) in [6.07, 6.45) is 0.323. The van der Waals surface area contributed by atoms with Crippen molar-refractivity contribution in [1.82, 2.24) is 5.32 Å². The SMILES string of the molecule is O=[N+]([O-])C1(Cl)CC(Cl)=C(NC(=S)Cl)C=C1F. The van der Waals surface area contributed by atoms with Crippen molar-refractivity contribution in [2.24, 2.45) is 0 Å². The smallest absolute Gasteiger partial charge is 0.336 e. The van der Waals surface area contributed by atoms with Gasteiger partial charge in [0.1, 0.15) is 0 Å². The molecule has 0 bridgehead atoms. The van der Waals surface area contributed by atoms with Crippen LogP contribution < -0.4 is 5.32 Å². The topological polar surface area (TPSA) is 55.2 Å². The number of thiocarbonyl (C=S) groups is 1. The molecule has 1 rings (SSSR count). The third-order valence-corrected chi connectivity index (χ3v) is 2.83. The van der Waals surface area contributed by atoms with Gasteiger partial charge in [-0.1, -0.05) is 23.2 Å². The number of halogens is 4. The van der Waals surface area contributed by atoms with Crippen molar-refractivity contribution >= 4 is 51.5 Å². The van der Waals surface area contributed by atoms with Crippen molar-refractivity contribution in [2.45, 2.75) is 11.4 Å². The van der Waals surface area contributed by atoms with E-state index in [-0.39, 0.29) is 15.2 Å². The molecule has 0 fully saturated rings. The number of hydrogen-bond acceptors (Lipinski definition) is 3. The molecule has 0 amide bonds. The normalized spacial score (nSPS) is 25.1.